The molecule has 0 aromatic heterocycles. The van der Waals surface area contributed by atoms with Crippen molar-refractivity contribution >= 4 is 27.3 Å². The fourth-order valence-corrected chi connectivity index (χ4v) is 4.12. The number of rotatable bonds is 4. The van der Waals surface area contributed by atoms with Crippen LogP contribution in [0.3, 0.4) is 0 Å². The molecule has 0 aliphatic carbocycles. The average Bonchev–Trinajstić information content (AvgIpc) is 2.47. The number of hydrogen-bond donors (Lipinski definition) is 1. The Hall–Kier alpha value is -1.11. The maximum Gasteiger partial charge on any atom is 0.238 e. The number of sulfone groups is 1. The molecule has 0 saturated carbocycles. The molecular formula is C15H21ClN2O3S. The summed E-state index contributed by atoms with van der Waals surface area (Å²) in [4.78, 5) is 14.2. The summed E-state index contributed by atoms with van der Waals surface area (Å²) in [6.45, 7) is 2.42. The van der Waals surface area contributed by atoms with Crippen molar-refractivity contribution in [3.63, 3.8) is 0 Å². The largest absolute Gasteiger partial charge is 0.337 e. The lowest BCUT2D eigenvalue weighted by molar-refractivity contribution is -0.132. The number of nitrogens with zero attached hydrogens (tertiary/aromatic N) is 1. The first kappa shape index (κ1) is 17.2. The first-order valence-electron chi connectivity index (χ1n) is 7.34. The monoisotopic (exact) mass is 344 g/mol. The maximum absolute atomic E-state index is 12.4. The third-order valence-corrected chi connectivity index (χ3v) is 5.83. The van der Waals surface area contributed by atoms with Gasteiger partial charge in [-0.1, -0.05) is 11.6 Å². The molecule has 2 N–H and O–H groups in total. The van der Waals surface area contributed by atoms with Crippen LogP contribution in [0.25, 0.3) is 0 Å². The fraction of sp³-hybridized carbons (Fsp3) is 0.533. The molecule has 1 fully saturated rings. The Balaban J connectivity index is 2.14. The van der Waals surface area contributed by atoms with Gasteiger partial charge in [0.15, 0.2) is 9.84 Å². The summed E-state index contributed by atoms with van der Waals surface area (Å²) in [6, 6.07) is 5.60. The summed E-state index contributed by atoms with van der Waals surface area (Å²) in [5.74, 6) is -0.908. The predicted molar refractivity (Wildman–Crippen MR) is 86.5 cm³/mol. The molecule has 2 rings (SSSR count). The van der Waals surface area contributed by atoms with E-state index in [2.05, 4.69) is 0 Å². The Morgan fingerprint density at radius 2 is 2.00 bits per heavy atom. The lowest BCUT2D eigenvalue weighted by Crippen LogP contribution is -2.53. The first-order valence-corrected chi connectivity index (χ1v) is 9.37. The van der Waals surface area contributed by atoms with Crippen LogP contribution in [-0.4, -0.2) is 43.6 Å². The van der Waals surface area contributed by atoms with Gasteiger partial charge in [-0.2, -0.15) is 0 Å². The van der Waals surface area contributed by atoms with E-state index >= 15 is 0 Å². The minimum atomic E-state index is -3.67. The van der Waals surface area contributed by atoms with Gasteiger partial charge in [0.1, 0.15) is 5.75 Å². The second kappa shape index (κ2) is 6.98. The van der Waals surface area contributed by atoms with Gasteiger partial charge in [-0.25, -0.2) is 8.42 Å². The number of piperidine rings is 1. The van der Waals surface area contributed by atoms with E-state index in [1.165, 1.54) is 24.3 Å². The number of nitrogens with two attached hydrogens (primary N) is 1. The Morgan fingerprint density at radius 3 is 2.59 bits per heavy atom. The van der Waals surface area contributed by atoms with Gasteiger partial charge in [-0.05, 0) is 50.5 Å². The standard InChI is InChI=1S/C15H21ClN2O3S/c1-11(17)14-4-2-3-9-18(14)15(19)10-22(20,21)13-7-5-12(16)6-8-13/h5-8,11,14H,2-4,9-10,17H2,1H3/t11-,14+/m1/s1. The van der Waals surface area contributed by atoms with Gasteiger partial charge < -0.3 is 10.6 Å². The summed E-state index contributed by atoms with van der Waals surface area (Å²) >= 11 is 5.76. The van der Waals surface area contributed by atoms with E-state index in [4.69, 9.17) is 17.3 Å². The molecule has 1 aromatic rings. The minimum Gasteiger partial charge on any atom is -0.337 e. The molecule has 122 valence electrons. The minimum absolute atomic E-state index is 0.0818. The van der Waals surface area contributed by atoms with E-state index in [9.17, 15) is 13.2 Å². The van der Waals surface area contributed by atoms with Crippen LogP contribution in [0.15, 0.2) is 29.2 Å². The highest BCUT2D eigenvalue weighted by Gasteiger charge is 2.32. The van der Waals surface area contributed by atoms with Gasteiger partial charge in [0.25, 0.3) is 0 Å². The van der Waals surface area contributed by atoms with Crippen LogP contribution in [0.5, 0.6) is 0 Å². The van der Waals surface area contributed by atoms with Crippen molar-refractivity contribution < 1.29 is 13.2 Å². The molecule has 0 bridgehead atoms. The number of carbonyl (C=O) groups excluding carboxylic acids is 1. The number of hydrogen-bond acceptors (Lipinski definition) is 4. The van der Waals surface area contributed by atoms with Crippen LogP contribution in [0.4, 0.5) is 0 Å². The number of benzene rings is 1. The SMILES string of the molecule is C[C@@H](N)[C@@H]1CCCCN1C(=O)CS(=O)(=O)c1ccc(Cl)cc1. The van der Waals surface area contributed by atoms with Crippen molar-refractivity contribution in [3.8, 4) is 0 Å². The zero-order valence-electron chi connectivity index (χ0n) is 12.5. The second-order valence-corrected chi connectivity index (χ2v) is 8.15. The van der Waals surface area contributed by atoms with Gasteiger partial charge in [-0.3, -0.25) is 4.79 Å². The van der Waals surface area contributed by atoms with E-state index in [1.807, 2.05) is 6.92 Å². The van der Waals surface area contributed by atoms with Crippen molar-refractivity contribution in [2.75, 3.05) is 12.3 Å². The molecule has 1 saturated heterocycles. The van der Waals surface area contributed by atoms with Crippen molar-refractivity contribution in [2.45, 2.75) is 43.2 Å². The van der Waals surface area contributed by atoms with Crippen LogP contribution in [0.1, 0.15) is 26.2 Å². The van der Waals surface area contributed by atoms with Crippen LogP contribution in [0.2, 0.25) is 5.02 Å². The lowest BCUT2D eigenvalue weighted by Gasteiger charge is -2.38. The van der Waals surface area contributed by atoms with E-state index in [0.717, 1.165) is 19.3 Å². The Morgan fingerprint density at radius 1 is 1.36 bits per heavy atom. The number of amides is 1. The van der Waals surface area contributed by atoms with Crippen molar-refractivity contribution in [2.24, 2.45) is 5.73 Å². The van der Waals surface area contributed by atoms with E-state index in [0.29, 0.717) is 11.6 Å². The average molecular weight is 345 g/mol. The van der Waals surface area contributed by atoms with Crippen LogP contribution < -0.4 is 5.73 Å². The molecule has 1 aliphatic heterocycles. The normalized spacial score (nSPS) is 20.7. The van der Waals surface area contributed by atoms with Gasteiger partial charge in [0.2, 0.25) is 5.91 Å². The predicted octanol–water partition coefficient (Wildman–Crippen LogP) is 1.84. The number of carbonyl (C=O) groups is 1. The summed E-state index contributed by atoms with van der Waals surface area (Å²) in [5, 5.41) is 0.457. The molecule has 0 spiro atoms. The van der Waals surface area contributed by atoms with E-state index in [1.54, 1.807) is 4.90 Å². The maximum atomic E-state index is 12.4. The molecule has 0 unspecified atom stereocenters. The summed E-state index contributed by atoms with van der Waals surface area (Å²) < 4.78 is 24.7. The molecule has 22 heavy (non-hydrogen) atoms. The Kier molecular flexibility index (Phi) is 5.47. The molecule has 5 nitrogen and oxygen atoms in total. The molecule has 1 amide bonds. The van der Waals surface area contributed by atoms with Gasteiger partial charge in [0, 0.05) is 23.7 Å². The quantitative estimate of drug-likeness (QED) is 0.903. The van der Waals surface area contributed by atoms with Crippen LogP contribution in [0, 0.1) is 0 Å². The Labute approximate surface area is 136 Å². The highest BCUT2D eigenvalue weighted by molar-refractivity contribution is 7.92. The van der Waals surface area contributed by atoms with Crippen molar-refractivity contribution in [3.05, 3.63) is 29.3 Å². The first-order chi connectivity index (χ1) is 10.3. The fourth-order valence-electron chi connectivity index (χ4n) is 2.78. The lowest BCUT2D eigenvalue weighted by atomic mass is 9.97. The Bertz CT molecular complexity index is 629. The highest BCUT2D eigenvalue weighted by atomic mass is 35.5. The van der Waals surface area contributed by atoms with E-state index in [-0.39, 0.29) is 22.9 Å². The smallest absolute Gasteiger partial charge is 0.238 e. The zero-order valence-corrected chi connectivity index (χ0v) is 14.1. The summed E-state index contributed by atoms with van der Waals surface area (Å²) in [6.07, 6.45) is 2.72. The molecular weight excluding hydrogens is 324 g/mol. The third kappa shape index (κ3) is 4.00. The third-order valence-electron chi connectivity index (χ3n) is 3.96. The van der Waals surface area contributed by atoms with Crippen molar-refractivity contribution in [1.29, 1.82) is 0 Å². The number of likely N-dealkylation sites (tertiary alicyclic amines) is 1. The molecule has 1 aromatic carbocycles. The molecule has 0 radical (unpaired) electrons. The number of halogens is 1. The topological polar surface area (TPSA) is 80.5 Å². The highest BCUT2D eigenvalue weighted by Crippen LogP contribution is 2.21. The van der Waals surface area contributed by atoms with Crippen LogP contribution in [-0.2, 0) is 14.6 Å². The van der Waals surface area contributed by atoms with Gasteiger partial charge in [-0.15, -0.1) is 0 Å². The van der Waals surface area contributed by atoms with Gasteiger partial charge in [0.05, 0.1) is 4.90 Å². The summed E-state index contributed by atoms with van der Waals surface area (Å²) in [5.41, 5.74) is 5.93. The second-order valence-electron chi connectivity index (χ2n) is 5.72. The summed E-state index contributed by atoms with van der Waals surface area (Å²) in [7, 11) is -3.67. The molecule has 1 heterocycles. The zero-order chi connectivity index (χ0) is 16.3. The molecule has 1 aliphatic rings. The molecule has 2 atom stereocenters. The van der Waals surface area contributed by atoms with Crippen LogP contribution >= 0.6 is 11.6 Å². The van der Waals surface area contributed by atoms with Crippen molar-refractivity contribution in [1.82, 2.24) is 4.90 Å². The molecule has 7 heteroatoms. The van der Waals surface area contributed by atoms with Gasteiger partial charge >= 0.3 is 0 Å². The van der Waals surface area contributed by atoms with E-state index < -0.39 is 15.6 Å².